The van der Waals surface area contributed by atoms with Crippen molar-refractivity contribution in [2.45, 2.75) is 40.0 Å². The first-order valence-electron chi connectivity index (χ1n) is 7.38. The minimum Gasteiger partial charge on any atom is -0.356 e. The molecule has 0 aliphatic rings. The highest BCUT2D eigenvalue weighted by molar-refractivity contribution is 5.78. The zero-order valence-corrected chi connectivity index (χ0v) is 13.0. The molecule has 21 heavy (non-hydrogen) atoms. The molecule has 0 saturated heterocycles. The van der Waals surface area contributed by atoms with Gasteiger partial charge < -0.3 is 5.32 Å². The summed E-state index contributed by atoms with van der Waals surface area (Å²) in [5, 5.41) is 9.91. The maximum absolute atomic E-state index is 12.0. The Morgan fingerprint density at radius 3 is 2.76 bits per heavy atom. The molecule has 2 aromatic rings. The van der Waals surface area contributed by atoms with Gasteiger partial charge in [-0.2, -0.15) is 5.10 Å². The first-order chi connectivity index (χ1) is 10.1. The Bertz CT molecular complexity index is 616. The summed E-state index contributed by atoms with van der Waals surface area (Å²) in [5.74, 6) is 0.0904. The molecule has 2 rings (SSSR count). The van der Waals surface area contributed by atoms with Crippen molar-refractivity contribution in [2.24, 2.45) is 0 Å². The standard InChI is InChI=1S/C17H23N3O/c1-12-6-7-13(2)16(9-12)10-17(21)18-8-4-5-15-11-19-20-14(15)3/h6-7,9,11H,4-5,8,10H2,1-3H3,(H,18,21)(H,19,20). The lowest BCUT2D eigenvalue weighted by Gasteiger charge is -2.08. The maximum Gasteiger partial charge on any atom is 0.224 e. The van der Waals surface area contributed by atoms with Crippen LogP contribution in [0.1, 0.15) is 34.4 Å². The number of H-pyrrole nitrogens is 1. The number of aryl methyl sites for hydroxylation is 4. The van der Waals surface area contributed by atoms with E-state index in [1.54, 1.807) is 0 Å². The number of hydrogen-bond donors (Lipinski definition) is 2. The Morgan fingerprint density at radius 1 is 1.24 bits per heavy atom. The molecule has 0 aliphatic heterocycles. The van der Waals surface area contributed by atoms with Crippen LogP contribution < -0.4 is 5.32 Å². The fourth-order valence-corrected chi connectivity index (χ4v) is 2.36. The van der Waals surface area contributed by atoms with Gasteiger partial charge in [-0.15, -0.1) is 0 Å². The van der Waals surface area contributed by atoms with Crippen molar-refractivity contribution in [1.29, 1.82) is 0 Å². The van der Waals surface area contributed by atoms with Gasteiger partial charge in [0.15, 0.2) is 0 Å². The highest BCUT2D eigenvalue weighted by Crippen LogP contribution is 2.11. The molecule has 1 amide bonds. The first-order valence-corrected chi connectivity index (χ1v) is 7.38. The molecule has 0 unspecified atom stereocenters. The number of aromatic nitrogens is 2. The molecule has 0 bridgehead atoms. The molecule has 0 aliphatic carbocycles. The zero-order valence-electron chi connectivity index (χ0n) is 13.0. The number of benzene rings is 1. The summed E-state index contributed by atoms with van der Waals surface area (Å²) < 4.78 is 0. The van der Waals surface area contributed by atoms with Gasteiger partial charge in [0.05, 0.1) is 12.6 Å². The second-order valence-corrected chi connectivity index (χ2v) is 5.58. The van der Waals surface area contributed by atoms with Crippen molar-refractivity contribution in [2.75, 3.05) is 6.54 Å². The number of amides is 1. The SMILES string of the molecule is Cc1ccc(C)c(CC(=O)NCCCc2cn[nH]c2C)c1. The lowest BCUT2D eigenvalue weighted by Crippen LogP contribution is -2.26. The number of carbonyl (C=O) groups excluding carboxylic acids is 1. The number of nitrogens with one attached hydrogen (secondary N) is 2. The maximum atomic E-state index is 12.0. The summed E-state index contributed by atoms with van der Waals surface area (Å²) >= 11 is 0. The van der Waals surface area contributed by atoms with E-state index in [0.29, 0.717) is 13.0 Å². The fourth-order valence-electron chi connectivity index (χ4n) is 2.36. The van der Waals surface area contributed by atoms with Crippen molar-refractivity contribution in [3.63, 3.8) is 0 Å². The van der Waals surface area contributed by atoms with Gasteiger partial charge in [-0.05, 0) is 50.3 Å². The first kappa shape index (κ1) is 15.3. The predicted molar refractivity (Wildman–Crippen MR) is 84.3 cm³/mol. The molecule has 0 spiro atoms. The molecule has 0 fully saturated rings. The Labute approximate surface area is 126 Å². The summed E-state index contributed by atoms with van der Waals surface area (Å²) in [7, 11) is 0. The average molecular weight is 285 g/mol. The number of aromatic amines is 1. The van der Waals surface area contributed by atoms with Gasteiger partial charge >= 0.3 is 0 Å². The van der Waals surface area contributed by atoms with E-state index in [2.05, 4.69) is 33.7 Å². The average Bonchev–Trinajstić information content (AvgIpc) is 2.84. The van der Waals surface area contributed by atoms with Gasteiger partial charge in [0.25, 0.3) is 0 Å². The molecule has 0 saturated carbocycles. The molecule has 0 atom stereocenters. The Morgan fingerprint density at radius 2 is 2.05 bits per heavy atom. The van der Waals surface area contributed by atoms with E-state index < -0.39 is 0 Å². The van der Waals surface area contributed by atoms with E-state index in [1.807, 2.05) is 27.0 Å². The summed E-state index contributed by atoms with van der Waals surface area (Å²) in [6, 6.07) is 6.23. The topological polar surface area (TPSA) is 57.8 Å². The zero-order chi connectivity index (χ0) is 15.2. The Hall–Kier alpha value is -2.10. The van der Waals surface area contributed by atoms with Crippen LogP contribution in [0.3, 0.4) is 0 Å². The molecule has 1 heterocycles. The molecule has 0 radical (unpaired) electrons. The van der Waals surface area contributed by atoms with Gasteiger partial charge in [-0.25, -0.2) is 0 Å². The van der Waals surface area contributed by atoms with Gasteiger partial charge in [0.1, 0.15) is 0 Å². The number of rotatable bonds is 6. The predicted octanol–water partition coefficient (Wildman–Crippen LogP) is 2.63. The second-order valence-electron chi connectivity index (χ2n) is 5.58. The monoisotopic (exact) mass is 285 g/mol. The Balaban J connectivity index is 1.75. The quantitative estimate of drug-likeness (QED) is 0.802. The lowest BCUT2D eigenvalue weighted by molar-refractivity contribution is -0.120. The Kier molecular flexibility index (Phi) is 5.14. The number of carbonyl (C=O) groups is 1. The van der Waals surface area contributed by atoms with Gasteiger partial charge in [0, 0.05) is 12.2 Å². The van der Waals surface area contributed by atoms with E-state index >= 15 is 0 Å². The lowest BCUT2D eigenvalue weighted by atomic mass is 10.0. The van der Waals surface area contributed by atoms with E-state index in [-0.39, 0.29) is 5.91 Å². The van der Waals surface area contributed by atoms with E-state index in [9.17, 15) is 4.79 Å². The van der Waals surface area contributed by atoms with Crippen LogP contribution >= 0.6 is 0 Å². The van der Waals surface area contributed by atoms with Crippen molar-refractivity contribution in [1.82, 2.24) is 15.5 Å². The highest BCUT2D eigenvalue weighted by Gasteiger charge is 2.06. The van der Waals surface area contributed by atoms with Crippen molar-refractivity contribution in [3.05, 3.63) is 52.3 Å². The number of nitrogens with zero attached hydrogens (tertiary/aromatic N) is 1. The van der Waals surface area contributed by atoms with E-state index in [4.69, 9.17) is 0 Å². The molecule has 1 aromatic carbocycles. The van der Waals surface area contributed by atoms with Gasteiger partial charge in [-0.1, -0.05) is 23.8 Å². The molecule has 4 nitrogen and oxygen atoms in total. The normalized spacial score (nSPS) is 10.6. The molecule has 2 N–H and O–H groups in total. The van der Waals surface area contributed by atoms with Crippen LogP contribution in [0.15, 0.2) is 24.4 Å². The minimum atomic E-state index is 0.0904. The molecular formula is C17H23N3O. The third-order valence-corrected chi connectivity index (χ3v) is 3.74. The van der Waals surface area contributed by atoms with Crippen molar-refractivity contribution < 1.29 is 4.79 Å². The van der Waals surface area contributed by atoms with Crippen LogP contribution in [0.5, 0.6) is 0 Å². The summed E-state index contributed by atoms with van der Waals surface area (Å²) in [5.41, 5.74) is 5.80. The third kappa shape index (κ3) is 4.45. The summed E-state index contributed by atoms with van der Waals surface area (Å²) in [6.45, 7) is 6.81. The van der Waals surface area contributed by atoms with Crippen LogP contribution in [0, 0.1) is 20.8 Å². The molecular weight excluding hydrogens is 262 g/mol. The molecule has 112 valence electrons. The number of hydrogen-bond acceptors (Lipinski definition) is 2. The van der Waals surface area contributed by atoms with Crippen LogP contribution in [-0.4, -0.2) is 22.6 Å². The van der Waals surface area contributed by atoms with Gasteiger partial charge in [-0.3, -0.25) is 9.89 Å². The van der Waals surface area contributed by atoms with E-state index in [0.717, 1.165) is 24.1 Å². The smallest absolute Gasteiger partial charge is 0.224 e. The fraction of sp³-hybridized carbons (Fsp3) is 0.412. The highest BCUT2D eigenvalue weighted by atomic mass is 16.1. The van der Waals surface area contributed by atoms with Crippen LogP contribution in [0.25, 0.3) is 0 Å². The molecule has 4 heteroatoms. The van der Waals surface area contributed by atoms with Crippen LogP contribution in [0.4, 0.5) is 0 Å². The summed E-state index contributed by atoms with van der Waals surface area (Å²) in [4.78, 5) is 12.0. The summed E-state index contributed by atoms with van der Waals surface area (Å²) in [6.07, 6.45) is 4.18. The molecule has 1 aromatic heterocycles. The largest absolute Gasteiger partial charge is 0.356 e. The van der Waals surface area contributed by atoms with Crippen molar-refractivity contribution >= 4 is 5.91 Å². The van der Waals surface area contributed by atoms with E-state index in [1.165, 1.54) is 16.7 Å². The second kappa shape index (κ2) is 7.07. The minimum absolute atomic E-state index is 0.0904. The van der Waals surface area contributed by atoms with Crippen LogP contribution in [0.2, 0.25) is 0 Å². The van der Waals surface area contributed by atoms with Gasteiger partial charge in [0.2, 0.25) is 5.91 Å². The van der Waals surface area contributed by atoms with Crippen molar-refractivity contribution in [3.8, 4) is 0 Å². The van der Waals surface area contributed by atoms with Crippen LogP contribution in [-0.2, 0) is 17.6 Å². The third-order valence-electron chi connectivity index (χ3n) is 3.74.